The van der Waals surface area contributed by atoms with Gasteiger partial charge in [0, 0.05) is 13.1 Å². The average Bonchev–Trinajstić information content (AvgIpc) is 2.37. The molecular weight excluding hydrogens is 254 g/mol. The van der Waals surface area contributed by atoms with Crippen LogP contribution in [-0.4, -0.2) is 36.5 Å². The molecule has 116 valence electrons. The molecule has 0 N–H and O–H groups in total. The van der Waals surface area contributed by atoms with Gasteiger partial charge in [0.1, 0.15) is 5.92 Å². The fourth-order valence-corrected chi connectivity index (χ4v) is 2.79. The zero-order valence-corrected chi connectivity index (χ0v) is 13.6. The molecule has 0 aromatic carbocycles. The first-order chi connectivity index (χ1) is 9.31. The number of piperidine rings is 1. The Kier molecular flexibility index (Phi) is 6.03. The summed E-state index contributed by atoms with van der Waals surface area (Å²) in [4.78, 5) is 26.7. The van der Waals surface area contributed by atoms with Crippen molar-refractivity contribution in [3.05, 3.63) is 0 Å². The van der Waals surface area contributed by atoms with Gasteiger partial charge >= 0.3 is 5.97 Å². The molecule has 0 spiro atoms. The molecule has 0 saturated carbocycles. The molecule has 1 rings (SSSR count). The predicted octanol–water partition coefficient (Wildman–Crippen LogP) is 2.86. The molecule has 0 aliphatic carbocycles. The van der Waals surface area contributed by atoms with E-state index in [1.807, 2.05) is 25.7 Å². The van der Waals surface area contributed by atoms with Crippen molar-refractivity contribution in [2.45, 2.75) is 53.9 Å². The molecule has 4 heteroatoms. The molecule has 1 unspecified atom stereocenters. The lowest BCUT2D eigenvalue weighted by molar-refractivity contribution is -0.161. The molecular formula is C16H29NO3. The smallest absolute Gasteiger partial charge is 0.319 e. The summed E-state index contributed by atoms with van der Waals surface area (Å²) >= 11 is 0. The van der Waals surface area contributed by atoms with Crippen molar-refractivity contribution in [2.24, 2.45) is 17.3 Å². The van der Waals surface area contributed by atoms with Gasteiger partial charge in [0.25, 0.3) is 0 Å². The minimum Gasteiger partial charge on any atom is -0.465 e. The number of carbonyl (C=O) groups is 2. The van der Waals surface area contributed by atoms with Crippen LogP contribution in [0.4, 0.5) is 0 Å². The third kappa shape index (κ3) is 4.22. The number of ether oxygens (including phenoxy) is 1. The first kappa shape index (κ1) is 17.0. The molecule has 1 aliphatic heterocycles. The van der Waals surface area contributed by atoms with Crippen molar-refractivity contribution >= 4 is 11.9 Å². The van der Waals surface area contributed by atoms with Gasteiger partial charge in [-0.2, -0.15) is 0 Å². The summed E-state index contributed by atoms with van der Waals surface area (Å²) in [6.45, 7) is 11.6. The minimum absolute atomic E-state index is 0.0643. The fourth-order valence-electron chi connectivity index (χ4n) is 2.79. The number of rotatable bonds is 4. The molecule has 0 bridgehead atoms. The van der Waals surface area contributed by atoms with E-state index in [0.29, 0.717) is 6.61 Å². The van der Waals surface area contributed by atoms with Crippen molar-refractivity contribution in [2.75, 3.05) is 19.7 Å². The number of carbonyl (C=O) groups excluding carboxylic acids is 2. The van der Waals surface area contributed by atoms with Crippen LogP contribution in [0.5, 0.6) is 0 Å². The monoisotopic (exact) mass is 283 g/mol. The van der Waals surface area contributed by atoms with E-state index in [4.69, 9.17) is 4.74 Å². The van der Waals surface area contributed by atoms with Gasteiger partial charge in [0.15, 0.2) is 0 Å². The maximum Gasteiger partial charge on any atom is 0.319 e. The maximum atomic E-state index is 12.7. The van der Waals surface area contributed by atoms with Gasteiger partial charge in [-0.3, -0.25) is 9.59 Å². The van der Waals surface area contributed by atoms with Crippen LogP contribution in [0.3, 0.4) is 0 Å². The molecule has 1 aliphatic rings. The van der Waals surface area contributed by atoms with Gasteiger partial charge in [-0.1, -0.05) is 34.1 Å². The van der Waals surface area contributed by atoms with Gasteiger partial charge in [0.2, 0.25) is 5.91 Å². The van der Waals surface area contributed by atoms with Crippen LogP contribution in [0.15, 0.2) is 0 Å². The first-order valence-electron chi connectivity index (χ1n) is 7.76. The number of hydrogen-bond acceptors (Lipinski definition) is 3. The summed E-state index contributed by atoms with van der Waals surface area (Å²) in [6, 6.07) is 0. The Morgan fingerprint density at radius 1 is 1.20 bits per heavy atom. The number of esters is 1. The molecule has 0 aromatic heterocycles. The standard InChI is InChI=1S/C16H29NO3/c1-6-12-8-10-17(11-9-12)14(18)13(16(3,4)5)15(19)20-7-2/h12-13H,6-11H2,1-5H3. The number of likely N-dealkylation sites (tertiary alicyclic amines) is 1. The van der Waals surface area contributed by atoms with Crippen LogP contribution in [0.1, 0.15) is 53.9 Å². The number of hydrogen-bond donors (Lipinski definition) is 0. The fraction of sp³-hybridized carbons (Fsp3) is 0.875. The van der Waals surface area contributed by atoms with Gasteiger partial charge < -0.3 is 9.64 Å². The molecule has 0 aromatic rings. The van der Waals surface area contributed by atoms with E-state index in [2.05, 4.69) is 6.92 Å². The Morgan fingerprint density at radius 3 is 2.15 bits per heavy atom. The Balaban J connectivity index is 2.77. The highest BCUT2D eigenvalue weighted by Gasteiger charge is 2.41. The summed E-state index contributed by atoms with van der Waals surface area (Å²) in [6.07, 6.45) is 3.26. The van der Waals surface area contributed by atoms with Crippen LogP contribution < -0.4 is 0 Å². The van der Waals surface area contributed by atoms with Crippen molar-refractivity contribution < 1.29 is 14.3 Å². The lowest BCUT2D eigenvalue weighted by atomic mass is 9.79. The maximum absolute atomic E-state index is 12.7. The summed E-state index contributed by atoms with van der Waals surface area (Å²) in [7, 11) is 0. The highest BCUT2D eigenvalue weighted by molar-refractivity contribution is 5.98. The van der Waals surface area contributed by atoms with Crippen molar-refractivity contribution in [1.29, 1.82) is 0 Å². The SMILES string of the molecule is CCOC(=O)C(C(=O)N1CCC(CC)CC1)C(C)(C)C. The molecule has 1 saturated heterocycles. The van der Waals surface area contributed by atoms with E-state index < -0.39 is 11.3 Å². The van der Waals surface area contributed by atoms with Crippen molar-refractivity contribution in [1.82, 2.24) is 4.90 Å². The average molecular weight is 283 g/mol. The second-order valence-electron chi connectivity index (χ2n) is 6.73. The van der Waals surface area contributed by atoms with Crippen LogP contribution in [0.25, 0.3) is 0 Å². The van der Waals surface area contributed by atoms with Crippen LogP contribution in [0, 0.1) is 17.3 Å². The Bertz CT molecular complexity index is 338. The van der Waals surface area contributed by atoms with Gasteiger partial charge in [-0.25, -0.2) is 0 Å². The first-order valence-corrected chi connectivity index (χ1v) is 7.76. The normalized spacial score (nSPS) is 18.8. The second kappa shape index (κ2) is 7.09. The van der Waals surface area contributed by atoms with Gasteiger partial charge in [-0.15, -0.1) is 0 Å². The largest absolute Gasteiger partial charge is 0.465 e. The summed E-state index contributed by atoms with van der Waals surface area (Å²) < 4.78 is 5.10. The van der Waals surface area contributed by atoms with Crippen LogP contribution in [-0.2, 0) is 14.3 Å². The molecule has 4 nitrogen and oxygen atoms in total. The summed E-state index contributed by atoms with van der Waals surface area (Å²) in [5.41, 5.74) is -0.412. The van der Waals surface area contributed by atoms with Crippen LogP contribution in [0.2, 0.25) is 0 Å². The lowest BCUT2D eigenvalue weighted by Gasteiger charge is -2.36. The third-order valence-electron chi connectivity index (χ3n) is 4.14. The Hall–Kier alpha value is -1.06. The van der Waals surface area contributed by atoms with E-state index >= 15 is 0 Å². The lowest BCUT2D eigenvalue weighted by Crippen LogP contribution is -2.48. The number of amides is 1. The zero-order chi connectivity index (χ0) is 15.3. The predicted molar refractivity (Wildman–Crippen MR) is 79.2 cm³/mol. The summed E-state index contributed by atoms with van der Waals surface area (Å²) in [5.74, 6) is -0.427. The summed E-state index contributed by atoms with van der Waals surface area (Å²) in [5, 5.41) is 0. The van der Waals surface area contributed by atoms with E-state index in [0.717, 1.165) is 31.8 Å². The molecule has 1 atom stereocenters. The van der Waals surface area contributed by atoms with E-state index in [9.17, 15) is 9.59 Å². The third-order valence-corrected chi connectivity index (χ3v) is 4.14. The molecule has 1 fully saturated rings. The van der Waals surface area contributed by atoms with Crippen LogP contribution >= 0.6 is 0 Å². The van der Waals surface area contributed by atoms with E-state index in [-0.39, 0.29) is 11.9 Å². The number of nitrogens with zero attached hydrogens (tertiary/aromatic N) is 1. The topological polar surface area (TPSA) is 46.6 Å². The van der Waals surface area contributed by atoms with Crippen molar-refractivity contribution in [3.63, 3.8) is 0 Å². The second-order valence-corrected chi connectivity index (χ2v) is 6.73. The molecule has 20 heavy (non-hydrogen) atoms. The zero-order valence-electron chi connectivity index (χ0n) is 13.6. The van der Waals surface area contributed by atoms with Gasteiger partial charge in [0.05, 0.1) is 6.61 Å². The Morgan fingerprint density at radius 2 is 1.75 bits per heavy atom. The minimum atomic E-state index is -0.694. The highest BCUT2D eigenvalue weighted by atomic mass is 16.5. The highest BCUT2D eigenvalue weighted by Crippen LogP contribution is 2.31. The van der Waals surface area contributed by atoms with Crippen molar-refractivity contribution in [3.8, 4) is 0 Å². The quantitative estimate of drug-likeness (QED) is 0.589. The van der Waals surface area contributed by atoms with E-state index in [1.54, 1.807) is 6.92 Å². The molecule has 1 amide bonds. The van der Waals surface area contributed by atoms with Gasteiger partial charge in [-0.05, 0) is 31.1 Å². The van der Waals surface area contributed by atoms with E-state index in [1.165, 1.54) is 6.42 Å². The molecule has 0 radical (unpaired) electrons. The Labute approximate surface area is 122 Å². The molecule has 1 heterocycles.